The van der Waals surface area contributed by atoms with E-state index < -0.39 is 12.0 Å². The van der Waals surface area contributed by atoms with Crippen molar-refractivity contribution < 1.29 is 13.5 Å². The summed E-state index contributed by atoms with van der Waals surface area (Å²) in [4.78, 5) is 9.15. The van der Waals surface area contributed by atoms with E-state index in [4.69, 9.17) is 4.74 Å². The van der Waals surface area contributed by atoms with Crippen LogP contribution in [0.25, 0.3) is 28.0 Å². The van der Waals surface area contributed by atoms with Crippen LogP contribution in [-0.2, 0) is 7.05 Å². The average molecular weight is 439 g/mol. The van der Waals surface area contributed by atoms with Crippen molar-refractivity contribution in [1.29, 1.82) is 0 Å². The van der Waals surface area contributed by atoms with Crippen LogP contribution in [0.2, 0.25) is 0 Å². The zero-order valence-electron chi connectivity index (χ0n) is 17.7. The molecule has 3 aromatic heterocycles. The monoisotopic (exact) mass is 439 g/mol. The summed E-state index contributed by atoms with van der Waals surface area (Å²) in [5, 5.41) is 10.2. The highest BCUT2D eigenvalue weighted by Gasteiger charge is 2.36. The molecule has 1 atom stereocenters. The summed E-state index contributed by atoms with van der Waals surface area (Å²) in [6.07, 6.45) is 5.16. The van der Waals surface area contributed by atoms with Crippen LogP contribution < -0.4 is 15.4 Å². The number of hydrogen-bond acceptors (Lipinski definition) is 6. The van der Waals surface area contributed by atoms with E-state index in [-0.39, 0.29) is 13.0 Å². The smallest absolute Gasteiger partial charge is 0.262 e. The van der Waals surface area contributed by atoms with E-state index >= 15 is 0 Å². The molecule has 1 aliphatic rings. The lowest BCUT2D eigenvalue weighted by atomic mass is 10.0. The Morgan fingerprint density at radius 1 is 1.28 bits per heavy atom. The van der Waals surface area contributed by atoms with E-state index in [9.17, 15) is 8.78 Å². The minimum atomic E-state index is -2.73. The second-order valence-corrected chi connectivity index (χ2v) is 7.97. The first-order valence-corrected chi connectivity index (χ1v) is 10.3. The van der Waals surface area contributed by atoms with E-state index in [1.165, 1.54) is 0 Å². The van der Waals surface area contributed by atoms with Gasteiger partial charge in [0.05, 0.1) is 30.9 Å². The maximum Gasteiger partial charge on any atom is 0.262 e. The third-order valence-corrected chi connectivity index (χ3v) is 5.54. The number of pyridine rings is 1. The summed E-state index contributed by atoms with van der Waals surface area (Å²) in [7, 11) is 3.48. The molecule has 4 heterocycles. The lowest BCUT2D eigenvalue weighted by molar-refractivity contribution is -0.0244. The van der Waals surface area contributed by atoms with Crippen LogP contribution >= 0.6 is 0 Å². The number of piperidine rings is 1. The molecule has 8 nitrogen and oxygen atoms in total. The molecule has 4 aromatic rings. The fourth-order valence-electron chi connectivity index (χ4n) is 4.06. The van der Waals surface area contributed by atoms with Crippen LogP contribution in [0.4, 0.5) is 14.6 Å². The maximum absolute atomic E-state index is 13.7. The van der Waals surface area contributed by atoms with Gasteiger partial charge in [0, 0.05) is 49.4 Å². The topological polar surface area (TPSA) is 81.8 Å². The summed E-state index contributed by atoms with van der Waals surface area (Å²) < 4.78 is 36.6. The fourth-order valence-corrected chi connectivity index (χ4v) is 4.06. The molecule has 5 rings (SSSR count). The number of aromatic nitrogens is 5. The number of hydrogen-bond donors (Lipinski definition) is 2. The molecule has 0 amide bonds. The molecular weight excluding hydrogens is 416 g/mol. The Morgan fingerprint density at radius 3 is 2.91 bits per heavy atom. The molecule has 1 aromatic carbocycles. The highest BCUT2D eigenvalue weighted by atomic mass is 19.3. The molecule has 1 unspecified atom stereocenters. The third-order valence-electron chi connectivity index (χ3n) is 5.54. The quantitative estimate of drug-likeness (QED) is 0.497. The van der Waals surface area contributed by atoms with Gasteiger partial charge in [0.2, 0.25) is 0 Å². The van der Waals surface area contributed by atoms with Gasteiger partial charge in [-0.05, 0) is 18.2 Å². The molecule has 0 saturated carbocycles. The van der Waals surface area contributed by atoms with Gasteiger partial charge in [-0.1, -0.05) is 6.07 Å². The van der Waals surface area contributed by atoms with Crippen molar-refractivity contribution in [3.63, 3.8) is 0 Å². The highest BCUT2D eigenvalue weighted by Crippen LogP contribution is 2.34. The van der Waals surface area contributed by atoms with E-state index in [1.807, 2.05) is 42.1 Å². The highest BCUT2D eigenvalue weighted by molar-refractivity contribution is 5.87. The summed E-state index contributed by atoms with van der Waals surface area (Å²) >= 11 is 0. The van der Waals surface area contributed by atoms with Crippen LogP contribution in [0.5, 0.6) is 5.75 Å². The van der Waals surface area contributed by atoms with Crippen molar-refractivity contribution in [3.05, 3.63) is 49.1 Å². The number of imidazole rings is 1. The Morgan fingerprint density at radius 2 is 2.16 bits per heavy atom. The molecule has 1 aliphatic heterocycles. The van der Waals surface area contributed by atoms with Crippen molar-refractivity contribution >= 4 is 16.9 Å². The van der Waals surface area contributed by atoms with Gasteiger partial charge in [-0.3, -0.25) is 9.25 Å². The molecule has 10 heteroatoms. The number of rotatable bonds is 5. The molecule has 166 valence electrons. The number of nitrogens with zero attached hydrogens (tertiary/aromatic N) is 5. The number of fused-ring (bicyclic) bond motifs is 1. The van der Waals surface area contributed by atoms with Gasteiger partial charge in [0.1, 0.15) is 23.7 Å². The van der Waals surface area contributed by atoms with Crippen LogP contribution in [0, 0.1) is 0 Å². The molecule has 32 heavy (non-hydrogen) atoms. The SMILES string of the molecule is COc1cc2ncn(-c3cccc(NC4CNCC(F)(F)C4)n3)c2cc1-c1cnn(C)c1. The first kappa shape index (κ1) is 20.4. The Labute approximate surface area is 183 Å². The van der Waals surface area contributed by atoms with Gasteiger partial charge in [0.25, 0.3) is 5.92 Å². The molecule has 0 radical (unpaired) electrons. The Balaban J connectivity index is 1.50. The number of halogens is 2. The van der Waals surface area contributed by atoms with Gasteiger partial charge < -0.3 is 15.4 Å². The van der Waals surface area contributed by atoms with Crippen LogP contribution in [0.3, 0.4) is 0 Å². The van der Waals surface area contributed by atoms with Gasteiger partial charge in [-0.25, -0.2) is 18.7 Å². The Hall–Kier alpha value is -3.53. The zero-order chi connectivity index (χ0) is 22.3. The number of benzene rings is 1. The van der Waals surface area contributed by atoms with Gasteiger partial charge in [0.15, 0.2) is 0 Å². The largest absolute Gasteiger partial charge is 0.496 e. The van der Waals surface area contributed by atoms with E-state index in [0.29, 0.717) is 23.9 Å². The molecule has 2 N–H and O–H groups in total. The summed E-state index contributed by atoms with van der Waals surface area (Å²) in [5.74, 6) is -0.856. The summed E-state index contributed by atoms with van der Waals surface area (Å²) in [6, 6.07) is 8.95. The summed E-state index contributed by atoms with van der Waals surface area (Å²) in [5.41, 5.74) is 3.42. The van der Waals surface area contributed by atoms with Crippen molar-refractivity contribution in [3.8, 4) is 22.7 Å². The van der Waals surface area contributed by atoms with E-state index in [1.54, 1.807) is 30.4 Å². The van der Waals surface area contributed by atoms with Crippen LogP contribution in [0.15, 0.2) is 49.1 Å². The molecule has 0 bridgehead atoms. The molecule has 1 saturated heterocycles. The number of aryl methyl sites for hydroxylation is 1. The van der Waals surface area contributed by atoms with Crippen LogP contribution in [-0.4, -0.2) is 56.5 Å². The number of ether oxygens (including phenoxy) is 1. The lowest BCUT2D eigenvalue weighted by Gasteiger charge is -2.30. The predicted molar refractivity (Wildman–Crippen MR) is 117 cm³/mol. The first-order chi connectivity index (χ1) is 15.4. The minimum Gasteiger partial charge on any atom is -0.496 e. The minimum absolute atomic E-state index is 0.228. The maximum atomic E-state index is 13.7. The zero-order valence-corrected chi connectivity index (χ0v) is 17.7. The molecule has 1 fully saturated rings. The van der Waals surface area contributed by atoms with E-state index in [0.717, 1.165) is 22.2 Å². The second kappa shape index (κ2) is 7.86. The van der Waals surface area contributed by atoms with Crippen molar-refractivity contribution in [2.24, 2.45) is 7.05 Å². The van der Waals surface area contributed by atoms with Crippen molar-refractivity contribution in [2.75, 3.05) is 25.5 Å². The Bertz CT molecular complexity index is 1270. The van der Waals surface area contributed by atoms with Gasteiger partial charge >= 0.3 is 0 Å². The van der Waals surface area contributed by atoms with Crippen LogP contribution in [0.1, 0.15) is 6.42 Å². The average Bonchev–Trinajstić information content (AvgIpc) is 3.38. The van der Waals surface area contributed by atoms with Crippen molar-refractivity contribution in [1.82, 2.24) is 29.6 Å². The molecule has 0 spiro atoms. The normalized spacial score (nSPS) is 18.1. The predicted octanol–water partition coefficient (Wildman–Crippen LogP) is 3.24. The van der Waals surface area contributed by atoms with Crippen molar-refractivity contribution in [2.45, 2.75) is 18.4 Å². The Kier molecular flexibility index (Phi) is 5.01. The number of nitrogens with one attached hydrogen (secondary N) is 2. The number of anilines is 1. The number of methoxy groups -OCH3 is 1. The first-order valence-electron chi connectivity index (χ1n) is 10.3. The van der Waals surface area contributed by atoms with E-state index in [2.05, 4.69) is 25.7 Å². The third kappa shape index (κ3) is 3.89. The lowest BCUT2D eigenvalue weighted by Crippen LogP contribution is -2.49. The number of alkyl halides is 2. The summed E-state index contributed by atoms with van der Waals surface area (Å²) in [6.45, 7) is 0.173. The molecule has 0 aliphatic carbocycles. The second-order valence-electron chi connectivity index (χ2n) is 7.97. The van der Waals surface area contributed by atoms with Gasteiger partial charge in [-0.2, -0.15) is 5.10 Å². The fraction of sp³-hybridized carbons (Fsp3) is 0.318. The molecular formula is C22H23F2N7O. The standard InChI is InChI=1S/C22H23F2N7O/c1-30-11-14(9-27-30)16-6-18-17(7-19(16)32-2)26-13-31(18)21-5-3-4-20(29-21)28-15-8-22(23,24)12-25-10-15/h3-7,9,11,13,15,25H,8,10,12H2,1-2H3,(H,28,29). The van der Waals surface area contributed by atoms with Gasteiger partial charge in [-0.15, -0.1) is 0 Å².